The molecule has 8 bridgehead atoms. The van der Waals surface area contributed by atoms with Gasteiger partial charge in [0, 0.05) is 25.7 Å². The third kappa shape index (κ3) is 14.9. The largest absolute Gasteiger partial charge is 0.493 e. The maximum Gasteiger partial charge on any atom is 0.126 e. The molecule has 0 unspecified atom stereocenters. The molecular weight excluding hydrogens is 817 g/mol. The van der Waals surface area contributed by atoms with Crippen LogP contribution in [0.1, 0.15) is 120 Å². The molecule has 0 aromatic heterocycles. The van der Waals surface area contributed by atoms with Crippen molar-refractivity contribution in [3.05, 3.63) is 115 Å². The first-order valence-corrected chi connectivity index (χ1v) is 23.2. The van der Waals surface area contributed by atoms with Crippen LogP contribution in [0.5, 0.6) is 23.0 Å². The van der Waals surface area contributed by atoms with Crippen molar-refractivity contribution in [2.75, 3.05) is 79.3 Å². The smallest absolute Gasteiger partial charge is 0.126 e. The number of hydrogen-bond acceptors (Lipinski definition) is 12. The summed E-state index contributed by atoms with van der Waals surface area (Å²) in [5, 5.41) is 38.6. The number of fused-ring (bicyclic) bond motifs is 8. The second kappa shape index (κ2) is 27.9. The van der Waals surface area contributed by atoms with Gasteiger partial charge >= 0.3 is 0 Å². The molecule has 0 radical (unpaired) electrons. The van der Waals surface area contributed by atoms with Gasteiger partial charge in [0.1, 0.15) is 23.0 Å². The van der Waals surface area contributed by atoms with E-state index in [0.29, 0.717) is 78.5 Å². The number of benzene rings is 4. The average Bonchev–Trinajstić information content (AvgIpc) is 3.28. The van der Waals surface area contributed by atoms with Gasteiger partial charge in [-0.25, -0.2) is 0 Å². The third-order valence-corrected chi connectivity index (χ3v) is 10.6. The van der Waals surface area contributed by atoms with E-state index in [4.69, 9.17) is 37.9 Å². The van der Waals surface area contributed by atoms with E-state index in [2.05, 4.69) is 76.2 Å². The van der Waals surface area contributed by atoms with Crippen molar-refractivity contribution in [2.24, 2.45) is 0 Å². The molecule has 0 aliphatic heterocycles. The van der Waals surface area contributed by atoms with Crippen LogP contribution in [0, 0.1) is 0 Å². The molecule has 12 heteroatoms. The molecule has 4 aromatic carbocycles. The Hall–Kier alpha value is -4.24. The minimum Gasteiger partial charge on any atom is -0.493 e. The Morgan fingerprint density at radius 2 is 0.500 bits per heavy atom. The first-order valence-electron chi connectivity index (χ1n) is 23.2. The van der Waals surface area contributed by atoms with Crippen LogP contribution in [0.4, 0.5) is 0 Å². The topological polar surface area (TPSA) is 155 Å². The van der Waals surface area contributed by atoms with Gasteiger partial charge in [-0.05, 0) is 141 Å². The summed E-state index contributed by atoms with van der Waals surface area (Å²) in [5.74, 6) is 3.18. The highest BCUT2D eigenvalue weighted by Gasteiger charge is 2.25. The molecule has 0 heterocycles. The molecule has 0 atom stereocenters. The first kappa shape index (κ1) is 50.8. The highest BCUT2D eigenvalue weighted by molar-refractivity contribution is 5.58. The van der Waals surface area contributed by atoms with Crippen LogP contribution in [0.3, 0.4) is 0 Å². The van der Waals surface area contributed by atoms with Gasteiger partial charge < -0.3 is 58.3 Å². The van der Waals surface area contributed by atoms with Crippen molar-refractivity contribution in [2.45, 2.75) is 105 Å². The summed E-state index contributed by atoms with van der Waals surface area (Å²) in [7, 11) is 0. The SMILES string of the molecule is CCCOc1c2cc(COCCO)cc1Cc1cc(COCCO)cc(c1OCCC)Cc1cc(COCCO)cc(c1OCCC)Cc1cc(COCCO)cc(c1OCCC)C2. The zero-order valence-electron chi connectivity index (χ0n) is 38.6. The number of ether oxygens (including phenoxy) is 8. The van der Waals surface area contributed by atoms with Crippen LogP contribution in [0.15, 0.2) is 48.5 Å². The van der Waals surface area contributed by atoms with Crippen LogP contribution in [0.2, 0.25) is 0 Å². The van der Waals surface area contributed by atoms with Gasteiger partial charge in [0.15, 0.2) is 0 Å². The second-order valence-electron chi connectivity index (χ2n) is 16.2. The van der Waals surface area contributed by atoms with Gasteiger partial charge in [-0.2, -0.15) is 0 Å². The molecule has 0 amide bonds. The zero-order chi connectivity index (χ0) is 45.5. The standard InChI is InChI=1S/C52H72O12/c1-5-13-61-49-41-21-37(33-57-17-9-53)22-42(49)30-44-24-39(35-59-19-11-55)26-46(51(44)63-15-7-3)32-48-28-40(36-60-20-12-56)27-47(52(48)64-16-8-4)31-45-25-38(34-58-18-10-54)23-43(29-41)50(45)62-14-6-2/h21-28,53-56H,5-20,29-36H2,1-4H3. The highest BCUT2D eigenvalue weighted by atomic mass is 16.5. The predicted molar refractivity (Wildman–Crippen MR) is 247 cm³/mol. The number of aliphatic hydroxyl groups is 4. The minimum atomic E-state index is -0.0834. The molecular formula is C52H72O12. The van der Waals surface area contributed by atoms with Crippen LogP contribution in [-0.4, -0.2) is 99.7 Å². The second-order valence-corrected chi connectivity index (χ2v) is 16.2. The Morgan fingerprint density at radius 1 is 0.312 bits per heavy atom. The lowest BCUT2D eigenvalue weighted by Crippen LogP contribution is -2.12. The number of rotatable bonds is 28. The van der Waals surface area contributed by atoms with E-state index in [-0.39, 0.29) is 52.9 Å². The van der Waals surface area contributed by atoms with Crippen molar-refractivity contribution in [3.63, 3.8) is 0 Å². The van der Waals surface area contributed by atoms with Crippen molar-refractivity contribution < 1.29 is 58.3 Å². The van der Waals surface area contributed by atoms with Crippen molar-refractivity contribution in [1.82, 2.24) is 0 Å². The lowest BCUT2D eigenvalue weighted by Gasteiger charge is -2.25. The molecule has 64 heavy (non-hydrogen) atoms. The highest BCUT2D eigenvalue weighted by Crippen LogP contribution is 2.41. The Kier molecular flexibility index (Phi) is 22.2. The van der Waals surface area contributed by atoms with Gasteiger partial charge in [-0.3, -0.25) is 0 Å². The summed E-state index contributed by atoms with van der Waals surface area (Å²) < 4.78 is 50.9. The number of aliphatic hydroxyl groups excluding tert-OH is 4. The fraction of sp³-hybridized carbons (Fsp3) is 0.538. The monoisotopic (exact) mass is 889 g/mol. The van der Waals surface area contributed by atoms with Gasteiger partial charge in [-0.1, -0.05) is 27.7 Å². The summed E-state index contributed by atoms with van der Waals surface area (Å²) in [6.45, 7) is 12.2. The minimum absolute atomic E-state index is 0.0834. The summed E-state index contributed by atoms with van der Waals surface area (Å²) >= 11 is 0. The molecule has 4 N–H and O–H groups in total. The van der Waals surface area contributed by atoms with Gasteiger partial charge in [0.05, 0.1) is 106 Å². The van der Waals surface area contributed by atoms with Crippen molar-refractivity contribution in [3.8, 4) is 23.0 Å². The van der Waals surface area contributed by atoms with Gasteiger partial charge in [0.25, 0.3) is 0 Å². The van der Waals surface area contributed by atoms with Gasteiger partial charge in [0.2, 0.25) is 0 Å². The lowest BCUT2D eigenvalue weighted by molar-refractivity contribution is 0.0813. The Bertz CT molecular complexity index is 1630. The van der Waals surface area contributed by atoms with E-state index >= 15 is 0 Å². The molecule has 0 spiro atoms. The lowest BCUT2D eigenvalue weighted by atomic mass is 9.88. The molecule has 1 aliphatic rings. The van der Waals surface area contributed by atoms with E-state index < -0.39 is 0 Å². The molecule has 5 rings (SSSR count). The quantitative estimate of drug-likeness (QED) is 0.0367. The normalized spacial score (nSPS) is 12.4. The summed E-state index contributed by atoms with van der Waals surface area (Å²) in [6.07, 6.45) is 5.13. The molecule has 4 aromatic rings. The Labute approximate surface area is 380 Å². The van der Waals surface area contributed by atoms with Crippen LogP contribution < -0.4 is 18.9 Å². The van der Waals surface area contributed by atoms with Gasteiger partial charge in [-0.15, -0.1) is 0 Å². The fourth-order valence-corrected chi connectivity index (χ4v) is 8.09. The predicted octanol–water partition coefficient (Wildman–Crippen LogP) is 7.55. The zero-order valence-corrected chi connectivity index (χ0v) is 38.6. The van der Waals surface area contributed by atoms with Crippen LogP contribution in [0.25, 0.3) is 0 Å². The first-order chi connectivity index (χ1) is 31.4. The maximum absolute atomic E-state index is 9.64. The molecule has 12 nitrogen and oxygen atoms in total. The molecule has 1 aliphatic carbocycles. The average molecular weight is 889 g/mol. The van der Waals surface area contributed by atoms with Crippen molar-refractivity contribution >= 4 is 0 Å². The van der Waals surface area contributed by atoms with Crippen LogP contribution >= 0.6 is 0 Å². The Morgan fingerprint density at radius 3 is 0.656 bits per heavy atom. The molecule has 352 valence electrons. The summed E-state index contributed by atoms with van der Waals surface area (Å²) in [4.78, 5) is 0. The van der Waals surface area contributed by atoms with E-state index in [1.165, 1.54) is 0 Å². The summed E-state index contributed by atoms with van der Waals surface area (Å²) in [6, 6.07) is 17.2. The number of hydrogen-bond donors (Lipinski definition) is 4. The van der Waals surface area contributed by atoms with E-state index in [1.807, 2.05) is 0 Å². The third-order valence-electron chi connectivity index (χ3n) is 10.6. The van der Waals surface area contributed by atoms with Crippen LogP contribution in [-0.2, 0) is 71.1 Å². The van der Waals surface area contributed by atoms with E-state index in [1.54, 1.807) is 0 Å². The van der Waals surface area contributed by atoms with Crippen molar-refractivity contribution in [1.29, 1.82) is 0 Å². The molecule has 0 fully saturated rings. The maximum atomic E-state index is 9.64. The van der Waals surface area contributed by atoms with E-state index in [9.17, 15) is 20.4 Å². The summed E-state index contributed by atoms with van der Waals surface area (Å²) in [5.41, 5.74) is 11.6. The van der Waals surface area contributed by atoms with E-state index in [0.717, 1.165) is 115 Å². The molecule has 0 saturated carbocycles. The Balaban J connectivity index is 1.90. The fourth-order valence-electron chi connectivity index (χ4n) is 8.09. The molecule has 0 saturated heterocycles.